The van der Waals surface area contributed by atoms with Crippen LogP contribution < -0.4 is 9.47 Å². The van der Waals surface area contributed by atoms with Gasteiger partial charge >= 0.3 is 0 Å². The van der Waals surface area contributed by atoms with Gasteiger partial charge in [-0.2, -0.15) is 0 Å². The van der Waals surface area contributed by atoms with E-state index in [0.717, 1.165) is 11.1 Å². The van der Waals surface area contributed by atoms with Gasteiger partial charge in [-0.3, -0.25) is 0 Å². The Morgan fingerprint density at radius 2 is 1.81 bits per heavy atom. The molecule has 0 radical (unpaired) electrons. The zero-order valence-electron chi connectivity index (χ0n) is 11.7. The van der Waals surface area contributed by atoms with Gasteiger partial charge in [0.15, 0.2) is 5.60 Å². The zero-order chi connectivity index (χ0) is 14.7. The number of fused-ring (bicyclic) bond motifs is 1. The average molecular weight is 286 g/mol. The molecule has 0 bridgehead atoms. The van der Waals surface area contributed by atoms with Crippen molar-refractivity contribution in [2.24, 2.45) is 0 Å². The maximum Gasteiger partial charge on any atom is 0.159 e. The van der Waals surface area contributed by atoms with Gasteiger partial charge in [-0.05, 0) is 17.2 Å². The molecule has 0 amide bonds. The molecule has 0 aliphatic carbocycles. The molecule has 4 heteroatoms. The standard InChI is InChI=1S/C17H18O4/c18-11-17(12-19)9-14-6-7-15(8-16(14)21-17)20-10-13-4-2-1-3-5-13/h1-8,18-19H,9-12H2. The van der Waals surface area contributed by atoms with E-state index in [1.54, 1.807) is 0 Å². The van der Waals surface area contributed by atoms with Crippen LogP contribution in [-0.4, -0.2) is 29.0 Å². The third-order valence-electron chi connectivity index (χ3n) is 3.70. The van der Waals surface area contributed by atoms with Gasteiger partial charge in [0.1, 0.15) is 18.1 Å². The minimum Gasteiger partial charge on any atom is -0.489 e. The van der Waals surface area contributed by atoms with Crippen LogP contribution in [0.5, 0.6) is 11.5 Å². The Hall–Kier alpha value is -2.04. The van der Waals surface area contributed by atoms with Gasteiger partial charge in [0.2, 0.25) is 0 Å². The molecule has 0 atom stereocenters. The highest BCUT2D eigenvalue weighted by atomic mass is 16.5. The first-order valence-electron chi connectivity index (χ1n) is 6.95. The Labute approximate surface area is 123 Å². The summed E-state index contributed by atoms with van der Waals surface area (Å²) in [5.41, 5.74) is 1.17. The maximum absolute atomic E-state index is 9.39. The predicted octanol–water partition coefficient (Wildman–Crippen LogP) is 1.92. The Morgan fingerprint density at radius 3 is 2.52 bits per heavy atom. The molecule has 0 saturated heterocycles. The van der Waals surface area contributed by atoms with Gasteiger partial charge in [-0.25, -0.2) is 0 Å². The van der Waals surface area contributed by atoms with Crippen LogP contribution in [0, 0.1) is 0 Å². The lowest BCUT2D eigenvalue weighted by Gasteiger charge is -2.23. The molecular formula is C17H18O4. The third-order valence-corrected chi connectivity index (χ3v) is 3.70. The van der Waals surface area contributed by atoms with E-state index in [-0.39, 0.29) is 13.2 Å². The van der Waals surface area contributed by atoms with Crippen molar-refractivity contribution in [2.45, 2.75) is 18.6 Å². The monoisotopic (exact) mass is 286 g/mol. The van der Waals surface area contributed by atoms with E-state index >= 15 is 0 Å². The molecule has 2 N–H and O–H groups in total. The van der Waals surface area contributed by atoms with Crippen LogP contribution in [-0.2, 0) is 13.0 Å². The molecule has 1 aliphatic heterocycles. The second kappa shape index (κ2) is 5.76. The fraction of sp³-hybridized carbons (Fsp3) is 0.294. The highest BCUT2D eigenvalue weighted by molar-refractivity contribution is 5.45. The number of hydrogen-bond acceptors (Lipinski definition) is 4. The molecule has 0 saturated carbocycles. The van der Waals surface area contributed by atoms with Crippen molar-refractivity contribution in [3.8, 4) is 11.5 Å². The number of aliphatic hydroxyl groups excluding tert-OH is 2. The van der Waals surface area contributed by atoms with Crippen molar-refractivity contribution in [1.29, 1.82) is 0 Å². The first-order chi connectivity index (χ1) is 10.2. The van der Waals surface area contributed by atoms with E-state index in [1.807, 2.05) is 48.5 Å². The SMILES string of the molecule is OCC1(CO)Cc2ccc(OCc3ccccc3)cc2O1. The first kappa shape index (κ1) is 13.9. The quantitative estimate of drug-likeness (QED) is 0.881. The lowest BCUT2D eigenvalue weighted by molar-refractivity contribution is -0.0176. The largest absolute Gasteiger partial charge is 0.489 e. The molecule has 0 fully saturated rings. The highest BCUT2D eigenvalue weighted by Crippen LogP contribution is 2.37. The second-order valence-electron chi connectivity index (χ2n) is 5.32. The molecule has 2 aromatic carbocycles. The zero-order valence-corrected chi connectivity index (χ0v) is 11.7. The first-order valence-corrected chi connectivity index (χ1v) is 6.95. The number of rotatable bonds is 5. The summed E-state index contributed by atoms with van der Waals surface area (Å²) >= 11 is 0. The van der Waals surface area contributed by atoms with Crippen molar-refractivity contribution in [2.75, 3.05) is 13.2 Å². The molecule has 1 heterocycles. The molecule has 3 rings (SSSR count). The van der Waals surface area contributed by atoms with Crippen LogP contribution in [0.4, 0.5) is 0 Å². The topological polar surface area (TPSA) is 58.9 Å². The van der Waals surface area contributed by atoms with Crippen LogP contribution in [0.25, 0.3) is 0 Å². The number of hydrogen-bond donors (Lipinski definition) is 2. The Balaban J connectivity index is 1.71. The van der Waals surface area contributed by atoms with Gasteiger partial charge in [-0.1, -0.05) is 36.4 Å². The van der Waals surface area contributed by atoms with Crippen molar-refractivity contribution < 1.29 is 19.7 Å². The van der Waals surface area contributed by atoms with E-state index in [4.69, 9.17) is 9.47 Å². The van der Waals surface area contributed by atoms with Gasteiger partial charge in [0.25, 0.3) is 0 Å². The fourth-order valence-corrected chi connectivity index (χ4v) is 2.45. The lowest BCUT2D eigenvalue weighted by atomic mass is 9.99. The van der Waals surface area contributed by atoms with Crippen LogP contribution in [0.15, 0.2) is 48.5 Å². The third kappa shape index (κ3) is 2.86. The van der Waals surface area contributed by atoms with E-state index in [0.29, 0.717) is 24.5 Å². The molecule has 0 aromatic heterocycles. The van der Waals surface area contributed by atoms with Gasteiger partial charge in [0, 0.05) is 12.5 Å². The molecule has 110 valence electrons. The smallest absolute Gasteiger partial charge is 0.159 e. The molecule has 2 aromatic rings. The van der Waals surface area contributed by atoms with E-state index in [9.17, 15) is 10.2 Å². The Kier molecular flexibility index (Phi) is 3.82. The van der Waals surface area contributed by atoms with E-state index in [1.165, 1.54) is 0 Å². The Morgan fingerprint density at radius 1 is 1.05 bits per heavy atom. The minimum atomic E-state index is -0.902. The van der Waals surface area contributed by atoms with Crippen LogP contribution in [0.3, 0.4) is 0 Å². The minimum absolute atomic E-state index is 0.210. The maximum atomic E-state index is 9.39. The van der Waals surface area contributed by atoms with Crippen molar-refractivity contribution in [3.05, 3.63) is 59.7 Å². The second-order valence-corrected chi connectivity index (χ2v) is 5.32. The van der Waals surface area contributed by atoms with Gasteiger partial charge < -0.3 is 19.7 Å². The predicted molar refractivity (Wildman–Crippen MR) is 78.5 cm³/mol. The Bertz CT molecular complexity index is 605. The van der Waals surface area contributed by atoms with Crippen LogP contribution >= 0.6 is 0 Å². The van der Waals surface area contributed by atoms with E-state index in [2.05, 4.69) is 0 Å². The van der Waals surface area contributed by atoms with Crippen molar-refractivity contribution in [1.82, 2.24) is 0 Å². The molecule has 0 unspecified atom stereocenters. The summed E-state index contributed by atoms with van der Waals surface area (Å²) in [4.78, 5) is 0. The summed E-state index contributed by atoms with van der Waals surface area (Å²) in [5.74, 6) is 1.38. The number of ether oxygens (including phenoxy) is 2. The summed E-state index contributed by atoms with van der Waals surface area (Å²) in [7, 11) is 0. The van der Waals surface area contributed by atoms with Crippen molar-refractivity contribution in [3.63, 3.8) is 0 Å². The molecule has 4 nitrogen and oxygen atoms in total. The lowest BCUT2D eigenvalue weighted by Crippen LogP contribution is -2.42. The van der Waals surface area contributed by atoms with Gasteiger partial charge in [-0.15, -0.1) is 0 Å². The normalized spacial score (nSPS) is 15.3. The van der Waals surface area contributed by atoms with Crippen LogP contribution in [0.2, 0.25) is 0 Å². The molecule has 1 aliphatic rings. The molecular weight excluding hydrogens is 268 g/mol. The summed E-state index contributed by atoms with van der Waals surface area (Å²) in [6.45, 7) is 0.0710. The van der Waals surface area contributed by atoms with Crippen LogP contribution in [0.1, 0.15) is 11.1 Å². The van der Waals surface area contributed by atoms with Gasteiger partial charge in [0.05, 0.1) is 13.2 Å². The summed E-state index contributed by atoms with van der Waals surface area (Å²) < 4.78 is 11.5. The summed E-state index contributed by atoms with van der Waals surface area (Å²) in [6.07, 6.45) is 0.508. The van der Waals surface area contributed by atoms with Crippen molar-refractivity contribution >= 4 is 0 Å². The summed E-state index contributed by atoms with van der Waals surface area (Å²) in [5, 5.41) is 18.8. The number of aliphatic hydroxyl groups is 2. The fourth-order valence-electron chi connectivity index (χ4n) is 2.45. The number of benzene rings is 2. The molecule has 21 heavy (non-hydrogen) atoms. The highest BCUT2D eigenvalue weighted by Gasteiger charge is 2.38. The molecule has 0 spiro atoms. The average Bonchev–Trinajstić information content (AvgIpc) is 2.92. The van der Waals surface area contributed by atoms with E-state index < -0.39 is 5.60 Å². The summed E-state index contributed by atoms with van der Waals surface area (Å²) in [6, 6.07) is 15.5.